The first-order valence-corrected chi connectivity index (χ1v) is 6.66. The number of likely N-dealkylation sites (tertiary alicyclic amines) is 1. The number of oxime groups is 1. The Morgan fingerprint density at radius 1 is 1.53 bits per heavy atom. The lowest BCUT2D eigenvalue weighted by atomic mass is 9.89. The molecule has 1 amide bonds. The molecule has 1 heterocycles. The van der Waals surface area contributed by atoms with Crippen molar-refractivity contribution in [3.05, 3.63) is 0 Å². The van der Waals surface area contributed by atoms with Crippen LogP contribution in [-0.2, 0) is 9.53 Å². The first-order chi connectivity index (χ1) is 8.84. The van der Waals surface area contributed by atoms with E-state index in [0.717, 1.165) is 12.8 Å². The second-order valence-electron chi connectivity index (χ2n) is 5.76. The zero-order chi connectivity index (χ0) is 14.6. The van der Waals surface area contributed by atoms with E-state index in [2.05, 4.69) is 5.16 Å². The average molecular weight is 271 g/mol. The summed E-state index contributed by atoms with van der Waals surface area (Å²) in [6, 6.07) is 0. The van der Waals surface area contributed by atoms with E-state index in [1.165, 1.54) is 0 Å². The van der Waals surface area contributed by atoms with Crippen LogP contribution in [0.3, 0.4) is 0 Å². The van der Waals surface area contributed by atoms with E-state index in [0.29, 0.717) is 13.1 Å². The molecule has 1 aliphatic rings. The summed E-state index contributed by atoms with van der Waals surface area (Å²) in [5.41, 5.74) is 5.34. The summed E-state index contributed by atoms with van der Waals surface area (Å²) in [5.74, 6) is -0.707. The molecule has 19 heavy (non-hydrogen) atoms. The molecule has 2 atom stereocenters. The van der Waals surface area contributed by atoms with Gasteiger partial charge in [0.25, 0.3) is 0 Å². The fourth-order valence-electron chi connectivity index (χ4n) is 2.57. The van der Waals surface area contributed by atoms with Gasteiger partial charge in [0.1, 0.15) is 5.92 Å². The summed E-state index contributed by atoms with van der Waals surface area (Å²) < 4.78 is 5.48. The second-order valence-corrected chi connectivity index (χ2v) is 5.76. The van der Waals surface area contributed by atoms with E-state index < -0.39 is 5.92 Å². The Kier molecular flexibility index (Phi) is 5.17. The van der Waals surface area contributed by atoms with Crippen molar-refractivity contribution in [2.24, 2.45) is 22.7 Å². The molecule has 110 valence electrons. The summed E-state index contributed by atoms with van der Waals surface area (Å²) in [6.45, 7) is 7.02. The van der Waals surface area contributed by atoms with Gasteiger partial charge in [-0.1, -0.05) is 19.0 Å². The quantitative estimate of drug-likeness (QED) is 0.346. The monoisotopic (exact) mass is 271 g/mol. The molecule has 3 N–H and O–H groups in total. The molecule has 0 bridgehead atoms. The van der Waals surface area contributed by atoms with Crippen molar-refractivity contribution in [3.8, 4) is 0 Å². The largest absolute Gasteiger partial charge is 0.409 e. The molecule has 0 aliphatic carbocycles. The van der Waals surface area contributed by atoms with E-state index in [1.807, 2.05) is 20.8 Å². The Morgan fingerprint density at radius 3 is 2.63 bits per heavy atom. The fourth-order valence-corrected chi connectivity index (χ4v) is 2.57. The number of carbonyl (C=O) groups excluding carboxylic acids is 1. The Morgan fingerprint density at radius 2 is 2.16 bits per heavy atom. The second kappa shape index (κ2) is 6.23. The van der Waals surface area contributed by atoms with Crippen LogP contribution in [-0.4, -0.2) is 47.7 Å². The lowest BCUT2D eigenvalue weighted by molar-refractivity contribution is -0.142. The van der Waals surface area contributed by atoms with Crippen LogP contribution in [0, 0.1) is 11.8 Å². The van der Waals surface area contributed by atoms with Crippen molar-refractivity contribution in [2.45, 2.75) is 39.2 Å². The van der Waals surface area contributed by atoms with E-state index in [4.69, 9.17) is 15.7 Å². The van der Waals surface area contributed by atoms with Crippen LogP contribution in [0.25, 0.3) is 0 Å². The highest BCUT2D eigenvalue weighted by Crippen LogP contribution is 2.26. The molecule has 0 aromatic carbocycles. The number of amides is 1. The zero-order valence-electron chi connectivity index (χ0n) is 12.2. The van der Waals surface area contributed by atoms with Crippen LogP contribution in [0.2, 0.25) is 0 Å². The molecule has 0 radical (unpaired) electrons. The number of nitrogens with zero attached hydrogens (tertiary/aromatic N) is 2. The molecule has 0 spiro atoms. The summed E-state index contributed by atoms with van der Waals surface area (Å²) in [4.78, 5) is 14.3. The summed E-state index contributed by atoms with van der Waals surface area (Å²) in [6.07, 6.45) is 1.83. The van der Waals surface area contributed by atoms with Crippen LogP contribution in [0.1, 0.15) is 33.6 Å². The Labute approximate surface area is 114 Å². The molecular weight excluding hydrogens is 246 g/mol. The number of piperidine rings is 1. The molecule has 1 saturated heterocycles. The highest BCUT2D eigenvalue weighted by molar-refractivity contribution is 6.02. The maximum Gasteiger partial charge on any atom is 0.233 e. The number of methoxy groups -OCH3 is 1. The van der Waals surface area contributed by atoms with Crippen molar-refractivity contribution >= 4 is 11.7 Å². The van der Waals surface area contributed by atoms with Gasteiger partial charge >= 0.3 is 0 Å². The molecule has 1 rings (SSSR count). The maximum absolute atomic E-state index is 12.5. The predicted octanol–water partition coefficient (Wildman–Crippen LogP) is 1.03. The molecule has 1 fully saturated rings. The van der Waals surface area contributed by atoms with Crippen LogP contribution < -0.4 is 5.73 Å². The number of hydrogen-bond donors (Lipinski definition) is 2. The van der Waals surface area contributed by atoms with Crippen molar-refractivity contribution in [1.29, 1.82) is 0 Å². The number of rotatable bonds is 4. The Hall–Kier alpha value is -1.30. The summed E-state index contributed by atoms with van der Waals surface area (Å²) >= 11 is 0. The van der Waals surface area contributed by atoms with Gasteiger partial charge in [-0.15, -0.1) is 0 Å². The van der Waals surface area contributed by atoms with Gasteiger partial charge < -0.3 is 20.6 Å². The lowest BCUT2D eigenvalue weighted by Gasteiger charge is -2.41. The van der Waals surface area contributed by atoms with Crippen LogP contribution in [0.5, 0.6) is 0 Å². The van der Waals surface area contributed by atoms with Gasteiger partial charge in [0.2, 0.25) is 5.91 Å². The van der Waals surface area contributed by atoms with Gasteiger partial charge in [0.15, 0.2) is 5.84 Å². The van der Waals surface area contributed by atoms with Crippen LogP contribution in [0.4, 0.5) is 0 Å². The minimum Gasteiger partial charge on any atom is -0.409 e. The maximum atomic E-state index is 12.5. The minimum absolute atomic E-state index is 0.0147. The van der Waals surface area contributed by atoms with E-state index in [9.17, 15) is 4.79 Å². The van der Waals surface area contributed by atoms with Crippen molar-refractivity contribution in [1.82, 2.24) is 4.90 Å². The highest BCUT2D eigenvalue weighted by atomic mass is 16.5. The molecule has 6 nitrogen and oxygen atoms in total. The van der Waals surface area contributed by atoms with E-state index in [-0.39, 0.29) is 23.3 Å². The van der Waals surface area contributed by atoms with Gasteiger partial charge in [-0.2, -0.15) is 0 Å². The summed E-state index contributed by atoms with van der Waals surface area (Å²) in [5, 5.41) is 11.8. The highest BCUT2D eigenvalue weighted by Gasteiger charge is 2.37. The van der Waals surface area contributed by atoms with Crippen LogP contribution in [0.15, 0.2) is 5.16 Å². The average Bonchev–Trinajstić information content (AvgIpc) is 2.38. The third-order valence-electron chi connectivity index (χ3n) is 3.83. The molecule has 0 aromatic heterocycles. The number of amidine groups is 1. The molecule has 1 aliphatic heterocycles. The smallest absolute Gasteiger partial charge is 0.233 e. The number of hydrogen-bond acceptors (Lipinski definition) is 4. The SMILES string of the molecule is COC1(C)CCCN(C(=O)C(C(N)=NO)C(C)C)C1. The van der Waals surface area contributed by atoms with Gasteiger partial charge in [-0.25, -0.2) is 0 Å². The first kappa shape index (κ1) is 15.8. The predicted molar refractivity (Wildman–Crippen MR) is 73.0 cm³/mol. The number of carbonyl (C=O) groups is 1. The van der Waals surface area contributed by atoms with Crippen LogP contribution >= 0.6 is 0 Å². The minimum atomic E-state index is -0.579. The normalized spacial score (nSPS) is 26.6. The molecule has 0 saturated carbocycles. The van der Waals surface area contributed by atoms with E-state index in [1.54, 1.807) is 12.0 Å². The first-order valence-electron chi connectivity index (χ1n) is 6.66. The topological polar surface area (TPSA) is 88.2 Å². The summed E-state index contributed by atoms with van der Waals surface area (Å²) in [7, 11) is 1.66. The van der Waals surface area contributed by atoms with E-state index >= 15 is 0 Å². The molecular formula is C13H25N3O3. The van der Waals surface area contributed by atoms with Gasteiger partial charge in [0.05, 0.1) is 5.60 Å². The standard InChI is InChI=1S/C13H25N3O3/c1-9(2)10(11(14)15-18)12(17)16-7-5-6-13(3,8-16)19-4/h9-10,18H,5-8H2,1-4H3,(H2,14,15). The molecule has 2 unspecified atom stereocenters. The van der Waals surface area contributed by atoms with Crippen molar-refractivity contribution in [3.63, 3.8) is 0 Å². The van der Waals surface area contributed by atoms with Crippen molar-refractivity contribution in [2.75, 3.05) is 20.2 Å². The fraction of sp³-hybridized carbons (Fsp3) is 0.846. The van der Waals surface area contributed by atoms with Gasteiger partial charge in [-0.05, 0) is 25.7 Å². The van der Waals surface area contributed by atoms with Gasteiger partial charge in [0, 0.05) is 20.2 Å². The third-order valence-corrected chi connectivity index (χ3v) is 3.83. The lowest BCUT2D eigenvalue weighted by Crippen LogP contribution is -2.53. The molecule has 0 aromatic rings. The number of nitrogens with two attached hydrogens (primary N) is 1. The Bertz CT molecular complexity index is 357. The zero-order valence-corrected chi connectivity index (χ0v) is 12.2. The van der Waals surface area contributed by atoms with Crippen molar-refractivity contribution < 1.29 is 14.7 Å². The Balaban J connectivity index is 2.86. The third kappa shape index (κ3) is 3.59. The van der Waals surface area contributed by atoms with Gasteiger partial charge in [-0.3, -0.25) is 4.79 Å². The molecule has 6 heteroatoms. The number of ether oxygens (including phenoxy) is 1.